The van der Waals surface area contributed by atoms with Gasteiger partial charge in [-0.15, -0.1) is 4.91 Å². The minimum absolute atomic E-state index is 0.431. The molecule has 0 saturated heterocycles. The molecule has 0 aliphatic heterocycles. The highest BCUT2D eigenvalue weighted by molar-refractivity contribution is 6.33. The second-order valence-electron chi connectivity index (χ2n) is 2.21. The van der Waals surface area contributed by atoms with Crippen LogP contribution in [-0.4, -0.2) is 12.8 Å². The van der Waals surface area contributed by atoms with E-state index in [1.807, 2.05) is 6.92 Å². The lowest BCUT2D eigenvalue weighted by Gasteiger charge is -1.95. The van der Waals surface area contributed by atoms with Gasteiger partial charge in [0.05, 0.1) is 0 Å². The molecule has 0 radical (unpaired) electrons. The Bertz CT molecular complexity index is 262. The fourth-order valence-corrected chi connectivity index (χ4v) is 0.715. The van der Waals surface area contributed by atoms with Gasteiger partial charge in [0.15, 0.2) is 7.85 Å². The van der Waals surface area contributed by atoms with Crippen LogP contribution in [0.3, 0.4) is 0 Å². The predicted octanol–water partition coefficient (Wildman–Crippen LogP) is 0.0463. The highest BCUT2D eigenvalue weighted by Gasteiger charge is 1.97. The third-order valence-electron chi connectivity index (χ3n) is 1.30. The van der Waals surface area contributed by atoms with Crippen LogP contribution in [0, 0.1) is 11.8 Å². The van der Waals surface area contributed by atoms with Crippen molar-refractivity contribution < 1.29 is 0 Å². The maximum Gasteiger partial charge on any atom is 0.167 e. The fraction of sp³-hybridized carbons (Fsp3) is 0.167. The average molecular weight is 134 g/mol. The summed E-state index contributed by atoms with van der Waals surface area (Å²) < 4.78 is 0. The van der Waals surface area contributed by atoms with Crippen molar-refractivity contribution in [1.29, 1.82) is 0 Å². The van der Waals surface area contributed by atoms with E-state index in [1.165, 1.54) is 0 Å². The molecule has 1 aromatic rings. The molecule has 3 nitrogen and oxygen atoms in total. The smallest absolute Gasteiger partial charge is 0.167 e. The van der Waals surface area contributed by atoms with Crippen LogP contribution >= 0.6 is 0 Å². The van der Waals surface area contributed by atoms with Gasteiger partial charge in [-0.25, -0.2) is 0 Å². The number of nitroso groups, excluding NO2 is 1. The Kier molecular flexibility index (Phi) is 1.80. The molecule has 0 unspecified atom stereocenters. The SMILES string of the molecule is Bc1ncc(C)cc1N=O. The normalized spacial score (nSPS) is 9.30. The van der Waals surface area contributed by atoms with Crippen molar-refractivity contribution in [3.8, 4) is 0 Å². The highest BCUT2D eigenvalue weighted by Crippen LogP contribution is 2.06. The largest absolute Gasteiger partial charge is 0.270 e. The maximum atomic E-state index is 10.1. The summed E-state index contributed by atoms with van der Waals surface area (Å²) in [5.41, 5.74) is 2.07. The van der Waals surface area contributed by atoms with Crippen LogP contribution < -0.4 is 5.59 Å². The molecule has 0 N–H and O–H groups in total. The van der Waals surface area contributed by atoms with E-state index >= 15 is 0 Å². The van der Waals surface area contributed by atoms with Crippen molar-refractivity contribution >= 4 is 19.1 Å². The van der Waals surface area contributed by atoms with Gasteiger partial charge in [-0.1, -0.05) is 0 Å². The summed E-state index contributed by atoms with van der Waals surface area (Å²) >= 11 is 0. The van der Waals surface area contributed by atoms with Crippen LogP contribution in [0.4, 0.5) is 5.69 Å². The lowest BCUT2D eigenvalue weighted by molar-refractivity contribution is 1.29. The zero-order valence-electron chi connectivity index (χ0n) is 5.96. The molecule has 0 amide bonds. The zero-order valence-corrected chi connectivity index (χ0v) is 5.96. The molecule has 0 aromatic carbocycles. The van der Waals surface area contributed by atoms with Gasteiger partial charge in [0.1, 0.15) is 5.69 Å². The molecule has 4 heteroatoms. The summed E-state index contributed by atoms with van der Waals surface area (Å²) in [4.78, 5) is 14.0. The van der Waals surface area contributed by atoms with Crippen molar-refractivity contribution in [3.63, 3.8) is 0 Å². The Hall–Kier alpha value is -1.19. The van der Waals surface area contributed by atoms with Crippen LogP contribution in [0.1, 0.15) is 5.56 Å². The fourth-order valence-electron chi connectivity index (χ4n) is 0.715. The van der Waals surface area contributed by atoms with Crippen molar-refractivity contribution in [1.82, 2.24) is 4.98 Å². The molecule has 0 bridgehead atoms. The van der Waals surface area contributed by atoms with Crippen LogP contribution in [0.2, 0.25) is 0 Å². The Labute approximate surface area is 59.9 Å². The molecule has 1 heterocycles. The number of rotatable bonds is 1. The number of hydrogen-bond acceptors (Lipinski definition) is 3. The molecule has 0 saturated carbocycles. The van der Waals surface area contributed by atoms with E-state index < -0.39 is 0 Å². The van der Waals surface area contributed by atoms with Gasteiger partial charge >= 0.3 is 0 Å². The summed E-state index contributed by atoms with van der Waals surface area (Å²) in [5, 5.41) is 2.82. The van der Waals surface area contributed by atoms with Crippen molar-refractivity contribution in [2.75, 3.05) is 0 Å². The summed E-state index contributed by atoms with van der Waals surface area (Å²) in [6.45, 7) is 1.88. The molecule has 0 fully saturated rings. The first kappa shape index (κ1) is 6.93. The molecule has 0 aliphatic rings. The first-order valence-corrected chi connectivity index (χ1v) is 3.00. The molecule has 0 spiro atoms. The molecule has 1 rings (SSSR count). The Morgan fingerprint density at radius 3 is 2.90 bits per heavy atom. The van der Waals surface area contributed by atoms with Crippen LogP contribution in [-0.2, 0) is 0 Å². The van der Waals surface area contributed by atoms with Crippen LogP contribution in [0.5, 0.6) is 0 Å². The predicted molar refractivity (Wildman–Crippen MR) is 42.6 cm³/mol. The lowest BCUT2D eigenvalue weighted by atomic mass is 10.0. The number of pyridine rings is 1. The van der Waals surface area contributed by atoms with Crippen LogP contribution in [0.25, 0.3) is 0 Å². The van der Waals surface area contributed by atoms with Gasteiger partial charge in [-0.05, 0) is 23.7 Å². The third-order valence-corrected chi connectivity index (χ3v) is 1.30. The van der Waals surface area contributed by atoms with Crippen molar-refractivity contribution in [3.05, 3.63) is 22.7 Å². The molecular formula is C6H7BN2O. The minimum Gasteiger partial charge on any atom is -0.270 e. The number of aryl methyl sites for hydroxylation is 1. The van der Waals surface area contributed by atoms with Crippen molar-refractivity contribution in [2.45, 2.75) is 6.92 Å². The van der Waals surface area contributed by atoms with E-state index in [9.17, 15) is 4.91 Å². The average Bonchev–Trinajstić information content (AvgIpc) is 1.94. The Balaban J connectivity index is 3.21. The lowest BCUT2D eigenvalue weighted by Crippen LogP contribution is -2.07. The van der Waals surface area contributed by atoms with E-state index in [0.717, 1.165) is 5.56 Å². The summed E-state index contributed by atoms with van der Waals surface area (Å²) in [5.74, 6) is 0. The third kappa shape index (κ3) is 1.21. The molecular weight excluding hydrogens is 127 g/mol. The molecule has 50 valence electrons. The maximum absolute atomic E-state index is 10.1. The first-order chi connectivity index (χ1) is 4.74. The number of hydrogen-bond donors (Lipinski definition) is 0. The van der Waals surface area contributed by atoms with Gasteiger partial charge in [0.25, 0.3) is 0 Å². The van der Waals surface area contributed by atoms with E-state index in [0.29, 0.717) is 11.3 Å². The Morgan fingerprint density at radius 1 is 1.70 bits per heavy atom. The van der Waals surface area contributed by atoms with Gasteiger partial charge in [0, 0.05) is 11.8 Å². The molecule has 1 aromatic heterocycles. The minimum atomic E-state index is 0.431. The van der Waals surface area contributed by atoms with Gasteiger partial charge in [-0.2, -0.15) is 0 Å². The summed E-state index contributed by atoms with van der Waals surface area (Å²) in [6.07, 6.45) is 1.71. The van der Waals surface area contributed by atoms with Gasteiger partial charge in [0.2, 0.25) is 0 Å². The van der Waals surface area contributed by atoms with Crippen LogP contribution in [0.15, 0.2) is 17.4 Å². The topological polar surface area (TPSA) is 42.3 Å². The molecule has 0 atom stereocenters. The zero-order chi connectivity index (χ0) is 7.56. The van der Waals surface area contributed by atoms with Gasteiger partial charge < -0.3 is 0 Å². The Morgan fingerprint density at radius 2 is 2.40 bits per heavy atom. The highest BCUT2D eigenvalue weighted by atomic mass is 16.3. The number of nitrogens with zero attached hydrogens (tertiary/aromatic N) is 2. The summed E-state index contributed by atoms with van der Waals surface area (Å²) in [6, 6.07) is 1.72. The van der Waals surface area contributed by atoms with E-state index in [4.69, 9.17) is 0 Å². The standard InChI is InChI=1S/C6H7BN2O/c1-4-2-5(9-10)6(7)8-3-4/h2-3H,7H2,1H3. The monoisotopic (exact) mass is 134 g/mol. The molecule has 0 aliphatic carbocycles. The second-order valence-corrected chi connectivity index (χ2v) is 2.21. The van der Waals surface area contributed by atoms with Crippen molar-refractivity contribution in [2.24, 2.45) is 5.18 Å². The first-order valence-electron chi connectivity index (χ1n) is 3.00. The second kappa shape index (κ2) is 2.60. The quantitative estimate of drug-likeness (QED) is 0.402. The summed E-state index contributed by atoms with van der Waals surface area (Å²) in [7, 11) is 1.76. The number of aromatic nitrogens is 1. The van der Waals surface area contributed by atoms with E-state index in [1.54, 1.807) is 20.1 Å². The molecule has 10 heavy (non-hydrogen) atoms. The van der Waals surface area contributed by atoms with E-state index in [2.05, 4.69) is 10.2 Å². The van der Waals surface area contributed by atoms with E-state index in [-0.39, 0.29) is 0 Å². The van der Waals surface area contributed by atoms with Gasteiger partial charge in [-0.3, -0.25) is 4.98 Å².